The van der Waals surface area contributed by atoms with Gasteiger partial charge in [0.05, 0.1) is 0 Å². The molecule has 2 heterocycles. The zero-order valence-corrected chi connectivity index (χ0v) is 13.9. The van der Waals surface area contributed by atoms with Crippen LogP contribution in [0.4, 0.5) is 0 Å². The fourth-order valence-corrected chi connectivity index (χ4v) is 4.64. The van der Waals surface area contributed by atoms with Crippen LogP contribution in [0.25, 0.3) is 0 Å². The van der Waals surface area contributed by atoms with E-state index in [1.807, 2.05) is 0 Å². The fraction of sp³-hybridized carbons (Fsp3) is 0.944. The van der Waals surface area contributed by atoms with Crippen LogP contribution < -0.4 is 16.0 Å². The summed E-state index contributed by atoms with van der Waals surface area (Å²) in [7, 11) is 0. The van der Waals surface area contributed by atoms with Gasteiger partial charge in [0.1, 0.15) is 0 Å². The minimum Gasteiger partial charge on any atom is -0.355 e. The summed E-state index contributed by atoms with van der Waals surface area (Å²) >= 11 is 0. The molecule has 0 aromatic carbocycles. The Kier molecular flexibility index (Phi) is 6.13. The first kappa shape index (κ1) is 16.3. The number of rotatable bonds is 6. The van der Waals surface area contributed by atoms with Gasteiger partial charge in [0.2, 0.25) is 5.91 Å². The number of piperidine rings is 1. The molecule has 4 heteroatoms. The van der Waals surface area contributed by atoms with Gasteiger partial charge < -0.3 is 16.0 Å². The molecular formula is C18H33N3O. The van der Waals surface area contributed by atoms with Crippen LogP contribution >= 0.6 is 0 Å². The zero-order chi connectivity index (χ0) is 15.2. The van der Waals surface area contributed by atoms with E-state index >= 15 is 0 Å². The second-order valence-corrected chi connectivity index (χ2v) is 7.67. The van der Waals surface area contributed by atoms with E-state index in [2.05, 4.69) is 16.0 Å². The third kappa shape index (κ3) is 4.95. The summed E-state index contributed by atoms with van der Waals surface area (Å²) in [6, 6.07) is 2.06. The molecule has 2 bridgehead atoms. The van der Waals surface area contributed by atoms with Crippen molar-refractivity contribution in [3.8, 4) is 0 Å². The Bertz CT molecular complexity index is 340. The topological polar surface area (TPSA) is 53.2 Å². The third-order valence-corrected chi connectivity index (χ3v) is 5.78. The second-order valence-electron chi connectivity index (χ2n) is 7.67. The molecule has 3 rings (SSSR count). The first-order valence-electron chi connectivity index (χ1n) is 9.56. The number of hydrogen-bond acceptors (Lipinski definition) is 3. The van der Waals surface area contributed by atoms with Crippen molar-refractivity contribution >= 4 is 5.91 Å². The van der Waals surface area contributed by atoms with Crippen molar-refractivity contribution in [2.45, 2.75) is 88.8 Å². The minimum absolute atomic E-state index is 0.258. The van der Waals surface area contributed by atoms with Crippen molar-refractivity contribution in [2.75, 3.05) is 13.1 Å². The summed E-state index contributed by atoms with van der Waals surface area (Å²) in [4.78, 5) is 12.1. The number of fused-ring (bicyclic) bond motifs is 2. The molecule has 4 nitrogen and oxygen atoms in total. The number of carbonyl (C=O) groups excluding carboxylic acids is 1. The van der Waals surface area contributed by atoms with Crippen LogP contribution in [0.2, 0.25) is 0 Å². The van der Waals surface area contributed by atoms with Gasteiger partial charge in [-0.1, -0.05) is 25.7 Å². The molecule has 2 atom stereocenters. The second kappa shape index (κ2) is 8.30. The van der Waals surface area contributed by atoms with E-state index in [1.54, 1.807) is 0 Å². The number of nitrogens with one attached hydrogen (secondary N) is 3. The molecule has 22 heavy (non-hydrogen) atoms. The van der Waals surface area contributed by atoms with Crippen LogP contribution in [0, 0.1) is 5.92 Å². The van der Waals surface area contributed by atoms with E-state index in [4.69, 9.17) is 0 Å². The number of hydrogen-bond donors (Lipinski definition) is 3. The molecule has 3 N–H and O–H groups in total. The SMILES string of the molecule is O=C(CC1CC2CCC(C1)N2)NCCNC1CCCCCC1. The Morgan fingerprint density at radius 1 is 0.909 bits per heavy atom. The first-order chi connectivity index (χ1) is 10.8. The summed E-state index contributed by atoms with van der Waals surface area (Å²) in [6.45, 7) is 1.71. The van der Waals surface area contributed by atoms with Crippen molar-refractivity contribution in [1.82, 2.24) is 16.0 Å². The quantitative estimate of drug-likeness (QED) is 0.521. The van der Waals surface area contributed by atoms with Crippen molar-refractivity contribution in [3.05, 3.63) is 0 Å². The minimum atomic E-state index is 0.258. The van der Waals surface area contributed by atoms with Gasteiger partial charge >= 0.3 is 0 Å². The van der Waals surface area contributed by atoms with Crippen LogP contribution in [0.5, 0.6) is 0 Å². The molecule has 0 spiro atoms. The highest BCUT2D eigenvalue weighted by Gasteiger charge is 2.34. The molecule has 0 radical (unpaired) electrons. The largest absolute Gasteiger partial charge is 0.355 e. The molecule has 1 aliphatic carbocycles. The highest BCUT2D eigenvalue weighted by Crippen LogP contribution is 2.32. The molecule has 0 aromatic rings. The average molecular weight is 307 g/mol. The monoisotopic (exact) mass is 307 g/mol. The van der Waals surface area contributed by atoms with Crippen LogP contribution in [-0.2, 0) is 4.79 Å². The van der Waals surface area contributed by atoms with Gasteiger partial charge in [-0.05, 0) is 44.4 Å². The van der Waals surface area contributed by atoms with E-state index in [-0.39, 0.29) is 5.91 Å². The lowest BCUT2D eigenvalue weighted by molar-refractivity contribution is -0.122. The normalized spacial score (nSPS) is 32.6. The van der Waals surface area contributed by atoms with Gasteiger partial charge in [0.25, 0.3) is 0 Å². The lowest BCUT2D eigenvalue weighted by Crippen LogP contribution is -2.41. The summed E-state index contributed by atoms with van der Waals surface area (Å²) < 4.78 is 0. The standard InChI is InChI=1S/C18H33N3O/c22-18(13-14-11-16-7-8-17(12-14)21-16)20-10-9-19-15-5-3-1-2-4-6-15/h14-17,19,21H,1-13H2,(H,20,22). The van der Waals surface area contributed by atoms with Crippen LogP contribution in [0.15, 0.2) is 0 Å². The van der Waals surface area contributed by atoms with Crippen molar-refractivity contribution in [1.29, 1.82) is 0 Å². The van der Waals surface area contributed by atoms with E-state index < -0.39 is 0 Å². The molecule has 2 saturated heterocycles. The highest BCUT2D eigenvalue weighted by molar-refractivity contribution is 5.76. The molecule has 3 fully saturated rings. The Morgan fingerprint density at radius 3 is 2.27 bits per heavy atom. The molecule has 0 aromatic heterocycles. The smallest absolute Gasteiger partial charge is 0.220 e. The van der Waals surface area contributed by atoms with Crippen LogP contribution in [0.3, 0.4) is 0 Å². The van der Waals surface area contributed by atoms with Gasteiger partial charge in [0, 0.05) is 37.6 Å². The number of amides is 1. The maximum Gasteiger partial charge on any atom is 0.220 e. The van der Waals surface area contributed by atoms with Crippen molar-refractivity contribution in [2.24, 2.45) is 5.92 Å². The summed E-state index contributed by atoms with van der Waals surface area (Å²) in [5.41, 5.74) is 0. The maximum absolute atomic E-state index is 12.1. The third-order valence-electron chi connectivity index (χ3n) is 5.78. The molecule has 126 valence electrons. The summed E-state index contributed by atoms with van der Waals surface area (Å²) in [6.07, 6.45) is 13.9. The van der Waals surface area contributed by atoms with E-state index in [1.165, 1.54) is 64.2 Å². The van der Waals surface area contributed by atoms with Crippen molar-refractivity contribution < 1.29 is 4.79 Å². The van der Waals surface area contributed by atoms with E-state index in [0.29, 0.717) is 24.0 Å². The van der Waals surface area contributed by atoms with E-state index in [0.717, 1.165) is 19.5 Å². The van der Waals surface area contributed by atoms with Gasteiger partial charge in [-0.3, -0.25) is 4.79 Å². The number of carbonyl (C=O) groups is 1. The lowest BCUT2D eigenvalue weighted by Gasteiger charge is -2.28. The summed E-state index contributed by atoms with van der Waals surface area (Å²) in [5.74, 6) is 0.863. The Morgan fingerprint density at radius 2 is 1.59 bits per heavy atom. The molecule has 1 saturated carbocycles. The molecular weight excluding hydrogens is 274 g/mol. The summed E-state index contributed by atoms with van der Waals surface area (Å²) in [5, 5.41) is 10.4. The predicted octanol–water partition coefficient (Wildman–Crippen LogP) is 2.34. The predicted molar refractivity (Wildman–Crippen MR) is 89.8 cm³/mol. The Hall–Kier alpha value is -0.610. The van der Waals surface area contributed by atoms with E-state index in [9.17, 15) is 4.79 Å². The Labute approximate surface area is 135 Å². The average Bonchev–Trinajstić information content (AvgIpc) is 2.72. The van der Waals surface area contributed by atoms with Gasteiger partial charge in [-0.2, -0.15) is 0 Å². The van der Waals surface area contributed by atoms with Gasteiger partial charge in [0.15, 0.2) is 0 Å². The molecule has 3 aliphatic rings. The van der Waals surface area contributed by atoms with Crippen molar-refractivity contribution in [3.63, 3.8) is 0 Å². The zero-order valence-electron chi connectivity index (χ0n) is 13.9. The molecule has 1 amide bonds. The maximum atomic E-state index is 12.1. The first-order valence-corrected chi connectivity index (χ1v) is 9.56. The molecule has 2 aliphatic heterocycles. The lowest BCUT2D eigenvalue weighted by atomic mass is 9.89. The van der Waals surface area contributed by atoms with Gasteiger partial charge in [-0.25, -0.2) is 0 Å². The van der Waals surface area contributed by atoms with Gasteiger partial charge in [-0.15, -0.1) is 0 Å². The fourth-order valence-electron chi connectivity index (χ4n) is 4.64. The highest BCUT2D eigenvalue weighted by atomic mass is 16.1. The molecule has 2 unspecified atom stereocenters. The Balaban J connectivity index is 1.26. The van der Waals surface area contributed by atoms with Crippen LogP contribution in [0.1, 0.15) is 70.6 Å². The van der Waals surface area contributed by atoms with Crippen LogP contribution in [-0.4, -0.2) is 37.1 Å².